The zero-order chi connectivity index (χ0) is 10.6. The monoisotopic (exact) mass is 199 g/mol. The molecule has 0 saturated carbocycles. The molecule has 3 unspecified atom stereocenters. The topological polar surface area (TPSA) is 21.3 Å². The first-order valence-corrected chi connectivity index (χ1v) is 6.01. The summed E-state index contributed by atoms with van der Waals surface area (Å²) in [5, 5.41) is 3.59. The molecular weight excluding hydrogens is 174 g/mol. The molecule has 1 rings (SSSR count). The smallest absolute Gasteiger partial charge is 0.0810 e. The Morgan fingerprint density at radius 2 is 2.14 bits per heavy atom. The summed E-state index contributed by atoms with van der Waals surface area (Å²) in [6.45, 7) is 11.0. The lowest BCUT2D eigenvalue weighted by molar-refractivity contribution is -0.0265. The molecule has 0 aliphatic carbocycles. The van der Waals surface area contributed by atoms with Crippen molar-refractivity contribution in [1.82, 2.24) is 5.32 Å². The average molecular weight is 199 g/mol. The van der Waals surface area contributed by atoms with Crippen molar-refractivity contribution >= 4 is 0 Å². The third-order valence-electron chi connectivity index (χ3n) is 3.54. The van der Waals surface area contributed by atoms with E-state index < -0.39 is 0 Å². The van der Waals surface area contributed by atoms with Gasteiger partial charge in [0.2, 0.25) is 0 Å². The fourth-order valence-corrected chi connectivity index (χ4v) is 2.52. The van der Waals surface area contributed by atoms with Crippen molar-refractivity contribution < 1.29 is 4.74 Å². The van der Waals surface area contributed by atoms with Crippen LogP contribution in [0.2, 0.25) is 0 Å². The van der Waals surface area contributed by atoms with Crippen molar-refractivity contribution in [1.29, 1.82) is 0 Å². The highest BCUT2D eigenvalue weighted by Crippen LogP contribution is 2.32. The minimum Gasteiger partial charge on any atom is -0.374 e. The number of ether oxygens (including phenoxy) is 1. The van der Waals surface area contributed by atoms with Crippen molar-refractivity contribution in [2.75, 3.05) is 13.2 Å². The molecule has 0 aromatic heterocycles. The summed E-state index contributed by atoms with van der Waals surface area (Å²) in [6.07, 6.45) is 3.64. The first-order chi connectivity index (χ1) is 6.64. The molecule has 2 heteroatoms. The zero-order valence-electron chi connectivity index (χ0n) is 10.1. The van der Waals surface area contributed by atoms with E-state index in [9.17, 15) is 0 Å². The minimum atomic E-state index is 0.0748. The van der Waals surface area contributed by atoms with Crippen LogP contribution in [0, 0.1) is 5.92 Å². The molecule has 0 aromatic carbocycles. The zero-order valence-corrected chi connectivity index (χ0v) is 10.1. The quantitative estimate of drug-likeness (QED) is 0.735. The van der Waals surface area contributed by atoms with E-state index in [0.29, 0.717) is 12.0 Å². The predicted molar refractivity (Wildman–Crippen MR) is 60.5 cm³/mol. The van der Waals surface area contributed by atoms with E-state index >= 15 is 0 Å². The predicted octanol–water partition coefficient (Wildman–Crippen LogP) is 2.58. The van der Waals surface area contributed by atoms with Gasteiger partial charge in [-0.3, -0.25) is 0 Å². The second kappa shape index (κ2) is 5.13. The second-order valence-electron chi connectivity index (χ2n) is 4.69. The fourth-order valence-electron chi connectivity index (χ4n) is 2.52. The lowest BCUT2D eigenvalue weighted by atomic mass is 9.83. The summed E-state index contributed by atoms with van der Waals surface area (Å²) in [6, 6.07) is 0.514. The van der Waals surface area contributed by atoms with E-state index in [1.54, 1.807) is 0 Å². The molecule has 1 N–H and O–H groups in total. The lowest BCUT2D eigenvalue weighted by Crippen LogP contribution is -2.52. The molecule has 0 radical (unpaired) electrons. The molecule has 0 spiro atoms. The van der Waals surface area contributed by atoms with Crippen LogP contribution in [0.3, 0.4) is 0 Å². The van der Waals surface area contributed by atoms with Crippen molar-refractivity contribution in [3.63, 3.8) is 0 Å². The number of hydrogen-bond donors (Lipinski definition) is 1. The SMILES string of the molecule is CCNC(C(C)CC)C1(C)CCCO1. The van der Waals surface area contributed by atoms with Gasteiger partial charge in [-0.1, -0.05) is 27.2 Å². The van der Waals surface area contributed by atoms with Gasteiger partial charge in [0.15, 0.2) is 0 Å². The van der Waals surface area contributed by atoms with E-state index in [0.717, 1.165) is 13.2 Å². The van der Waals surface area contributed by atoms with Crippen LogP contribution < -0.4 is 5.32 Å². The van der Waals surface area contributed by atoms with Gasteiger partial charge in [0.25, 0.3) is 0 Å². The molecular formula is C12H25NO. The molecule has 3 atom stereocenters. The first-order valence-electron chi connectivity index (χ1n) is 6.01. The Kier molecular flexibility index (Phi) is 4.39. The summed E-state index contributed by atoms with van der Waals surface area (Å²) in [4.78, 5) is 0. The Bertz CT molecular complexity index is 164. The molecule has 0 aromatic rings. The van der Waals surface area contributed by atoms with Crippen LogP contribution in [0.4, 0.5) is 0 Å². The number of hydrogen-bond acceptors (Lipinski definition) is 2. The maximum Gasteiger partial charge on any atom is 0.0810 e. The largest absolute Gasteiger partial charge is 0.374 e. The molecule has 84 valence electrons. The van der Waals surface area contributed by atoms with E-state index in [4.69, 9.17) is 4.74 Å². The number of nitrogens with one attached hydrogen (secondary N) is 1. The number of rotatable bonds is 5. The summed E-state index contributed by atoms with van der Waals surface area (Å²) >= 11 is 0. The molecule has 1 fully saturated rings. The van der Waals surface area contributed by atoms with Crippen molar-refractivity contribution in [2.24, 2.45) is 5.92 Å². The Labute approximate surface area is 88.4 Å². The van der Waals surface area contributed by atoms with Gasteiger partial charge >= 0.3 is 0 Å². The van der Waals surface area contributed by atoms with Gasteiger partial charge in [0.1, 0.15) is 0 Å². The first kappa shape index (κ1) is 12.0. The summed E-state index contributed by atoms with van der Waals surface area (Å²) in [5.74, 6) is 0.693. The van der Waals surface area contributed by atoms with Gasteiger partial charge in [-0.05, 0) is 32.2 Å². The Morgan fingerprint density at radius 1 is 1.43 bits per heavy atom. The molecule has 0 amide bonds. The third-order valence-corrected chi connectivity index (χ3v) is 3.54. The maximum atomic E-state index is 5.92. The lowest BCUT2D eigenvalue weighted by Gasteiger charge is -2.37. The Hall–Kier alpha value is -0.0800. The molecule has 14 heavy (non-hydrogen) atoms. The number of likely N-dealkylation sites (N-methyl/N-ethyl adjacent to an activating group) is 1. The van der Waals surface area contributed by atoms with E-state index in [2.05, 4.69) is 33.0 Å². The molecule has 1 heterocycles. The van der Waals surface area contributed by atoms with Gasteiger partial charge in [-0.15, -0.1) is 0 Å². The van der Waals surface area contributed by atoms with Crippen LogP contribution in [0.1, 0.15) is 47.0 Å². The second-order valence-corrected chi connectivity index (χ2v) is 4.69. The highest BCUT2D eigenvalue weighted by atomic mass is 16.5. The minimum absolute atomic E-state index is 0.0748. The highest BCUT2D eigenvalue weighted by Gasteiger charge is 2.39. The van der Waals surface area contributed by atoms with Gasteiger partial charge in [0.05, 0.1) is 5.60 Å². The summed E-state index contributed by atoms with van der Waals surface area (Å²) < 4.78 is 5.92. The highest BCUT2D eigenvalue weighted by molar-refractivity contribution is 4.94. The molecule has 0 bridgehead atoms. The summed E-state index contributed by atoms with van der Waals surface area (Å²) in [7, 11) is 0. The van der Waals surface area contributed by atoms with Gasteiger partial charge < -0.3 is 10.1 Å². The third kappa shape index (κ3) is 2.48. The van der Waals surface area contributed by atoms with Gasteiger partial charge in [-0.25, -0.2) is 0 Å². The Balaban J connectivity index is 2.64. The van der Waals surface area contributed by atoms with E-state index in [1.165, 1.54) is 19.3 Å². The molecule has 1 aliphatic rings. The van der Waals surface area contributed by atoms with Crippen molar-refractivity contribution in [2.45, 2.75) is 58.6 Å². The van der Waals surface area contributed by atoms with Crippen LogP contribution in [-0.2, 0) is 4.74 Å². The molecule has 1 saturated heterocycles. The fraction of sp³-hybridized carbons (Fsp3) is 1.00. The van der Waals surface area contributed by atoms with Gasteiger partial charge in [-0.2, -0.15) is 0 Å². The normalized spacial score (nSPS) is 31.7. The van der Waals surface area contributed by atoms with E-state index in [-0.39, 0.29) is 5.60 Å². The van der Waals surface area contributed by atoms with Crippen LogP contribution >= 0.6 is 0 Å². The van der Waals surface area contributed by atoms with Crippen molar-refractivity contribution in [3.05, 3.63) is 0 Å². The average Bonchev–Trinajstić information content (AvgIpc) is 2.61. The summed E-state index contributed by atoms with van der Waals surface area (Å²) in [5.41, 5.74) is 0.0748. The van der Waals surface area contributed by atoms with Crippen LogP contribution in [0.15, 0.2) is 0 Å². The van der Waals surface area contributed by atoms with Gasteiger partial charge in [0, 0.05) is 12.6 Å². The van der Waals surface area contributed by atoms with Crippen LogP contribution in [-0.4, -0.2) is 24.8 Å². The van der Waals surface area contributed by atoms with E-state index in [1.807, 2.05) is 0 Å². The standard InChI is InChI=1S/C12H25NO/c1-5-10(3)11(13-6-2)12(4)8-7-9-14-12/h10-11,13H,5-9H2,1-4H3. The van der Waals surface area contributed by atoms with Crippen LogP contribution in [0.5, 0.6) is 0 Å². The Morgan fingerprint density at radius 3 is 2.57 bits per heavy atom. The molecule has 2 nitrogen and oxygen atoms in total. The maximum absolute atomic E-state index is 5.92. The molecule has 1 aliphatic heterocycles. The van der Waals surface area contributed by atoms with Crippen molar-refractivity contribution in [3.8, 4) is 0 Å². The van der Waals surface area contributed by atoms with Crippen LogP contribution in [0.25, 0.3) is 0 Å².